The lowest BCUT2D eigenvalue weighted by Crippen LogP contribution is -2.21. The molecule has 1 heterocycles. The van der Waals surface area contributed by atoms with E-state index in [1.54, 1.807) is 6.07 Å². The summed E-state index contributed by atoms with van der Waals surface area (Å²) in [5.74, 6) is 0.772. The molecule has 1 aromatic carbocycles. The molecule has 0 atom stereocenters. The van der Waals surface area contributed by atoms with Crippen molar-refractivity contribution in [1.82, 2.24) is 4.98 Å². The predicted molar refractivity (Wildman–Crippen MR) is 84.0 cm³/mol. The zero-order chi connectivity index (χ0) is 15.4. The van der Waals surface area contributed by atoms with Crippen LogP contribution in [0.5, 0.6) is 5.75 Å². The normalized spacial score (nSPS) is 10.3. The molecular weight excluding hydrogens is 288 g/mol. The van der Waals surface area contributed by atoms with Crippen molar-refractivity contribution in [1.29, 1.82) is 0 Å². The van der Waals surface area contributed by atoms with Gasteiger partial charge in [0, 0.05) is 5.69 Å². The van der Waals surface area contributed by atoms with Gasteiger partial charge >= 0.3 is 0 Å². The lowest BCUT2D eigenvalue weighted by Gasteiger charge is -2.12. The Labute approximate surface area is 129 Å². The first kappa shape index (κ1) is 15.3. The van der Waals surface area contributed by atoms with Crippen LogP contribution in [0.25, 0.3) is 0 Å². The van der Waals surface area contributed by atoms with E-state index in [2.05, 4.69) is 10.3 Å². The van der Waals surface area contributed by atoms with Crippen molar-refractivity contribution in [2.24, 2.45) is 0 Å². The van der Waals surface area contributed by atoms with E-state index >= 15 is 0 Å². The Hall–Kier alpha value is -2.07. The molecule has 0 aliphatic heterocycles. The van der Waals surface area contributed by atoms with Crippen LogP contribution in [0, 0.1) is 20.8 Å². The van der Waals surface area contributed by atoms with Crippen molar-refractivity contribution in [3.63, 3.8) is 0 Å². The Morgan fingerprint density at radius 2 is 2.05 bits per heavy atom. The topological polar surface area (TPSA) is 51.2 Å². The Bertz CT molecular complexity index is 648. The molecule has 1 amide bonds. The first-order valence-corrected chi connectivity index (χ1v) is 6.96. The number of hydrogen-bond acceptors (Lipinski definition) is 3. The molecule has 0 radical (unpaired) electrons. The maximum absolute atomic E-state index is 11.9. The van der Waals surface area contributed by atoms with Gasteiger partial charge in [0.05, 0.1) is 5.02 Å². The van der Waals surface area contributed by atoms with E-state index in [0.29, 0.717) is 16.6 Å². The molecule has 0 aliphatic rings. The Morgan fingerprint density at radius 1 is 1.29 bits per heavy atom. The van der Waals surface area contributed by atoms with Crippen LogP contribution >= 0.6 is 11.6 Å². The van der Waals surface area contributed by atoms with Gasteiger partial charge in [0.15, 0.2) is 6.61 Å². The third-order valence-electron chi connectivity index (χ3n) is 2.88. The van der Waals surface area contributed by atoms with E-state index in [1.165, 1.54) is 0 Å². The molecule has 0 saturated heterocycles. The van der Waals surface area contributed by atoms with Crippen LogP contribution in [0.1, 0.15) is 16.8 Å². The largest absolute Gasteiger partial charge is 0.482 e. The molecule has 5 heteroatoms. The zero-order valence-corrected chi connectivity index (χ0v) is 13.0. The molecule has 0 bridgehead atoms. The van der Waals surface area contributed by atoms with Gasteiger partial charge in [-0.3, -0.25) is 4.79 Å². The third-order valence-corrected chi connectivity index (χ3v) is 3.16. The van der Waals surface area contributed by atoms with Gasteiger partial charge in [-0.25, -0.2) is 4.98 Å². The van der Waals surface area contributed by atoms with Crippen molar-refractivity contribution in [3.05, 3.63) is 52.2 Å². The summed E-state index contributed by atoms with van der Waals surface area (Å²) < 4.78 is 5.52. The molecule has 110 valence electrons. The number of benzene rings is 1. The van der Waals surface area contributed by atoms with Gasteiger partial charge in [-0.05, 0) is 50.1 Å². The average molecular weight is 305 g/mol. The fraction of sp³-hybridized carbons (Fsp3) is 0.250. The minimum Gasteiger partial charge on any atom is -0.482 e. The van der Waals surface area contributed by atoms with Crippen LogP contribution < -0.4 is 10.1 Å². The molecule has 0 spiro atoms. The number of nitrogens with one attached hydrogen (secondary N) is 1. The van der Waals surface area contributed by atoms with E-state index in [1.807, 2.05) is 45.0 Å². The Balaban J connectivity index is 1.99. The molecule has 1 N–H and O–H groups in total. The maximum atomic E-state index is 11.9. The molecule has 0 fully saturated rings. The Morgan fingerprint density at radius 3 is 2.71 bits per heavy atom. The van der Waals surface area contributed by atoms with E-state index in [-0.39, 0.29) is 12.5 Å². The fourth-order valence-electron chi connectivity index (χ4n) is 2.01. The van der Waals surface area contributed by atoms with Crippen LogP contribution in [0.2, 0.25) is 5.02 Å². The predicted octanol–water partition coefficient (Wildman–Crippen LogP) is 3.68. The van der Waals surface area contributed by atoms with E-state index in [9.17, 15) is 4.79 Å². The van der Waals surface area contributed by atoms with Gasteiger partial charge in [-0.15, -0.1) is 0 Å². The summed E-state index contributed by atoms with van der Waals surface area (Å²) in [6.45, 7) is 5.60. The number of amides is 1. The number of anilines is 1. The van der Waals surface area contributed by atoms with Crippen LogP contribution in [-0.2, 0) is 4.79 Å². The van der Waals surface area contributed by atoms with Crippen LogP contribution in [0.3, 0.4) is 0 Å². The van der Waals surface area contributed by atoms with Crippen molar-refractivity contribution < 1.29 is 9.53 Å². The summed E-state index contributed by atoms with van der Waals surface area (Å²) in [7, 11) is 0. The van der Waals surface area contributed by atoms with E-state index in [0.717, 1.165) is 16.8 Å². The minimum absolute atomic E-state index is 0.112. The smallest absolute Gasteiger partial charge is 0.263 e. The summed E-state index contributed by atoms with van der Waals surface area (Å²) in [4.78, 5) is 16.1. The highest BCUT2D eigenvalue weighted by Gasteiger charge is 2.10. The molecule has 21 heavy (non-hydrogen) atoms. The number of aromatic nitrogens is 1. The van der Waals surface area contributed by atoms with E-state index in [4.69, 9.17) is 16.3 Å². The standard InChI is InChI=1S/C16H17ClN2O2/c1-10-7-11(2)16(13(17)8-10)21-9-15(20)19-14-6-4-5-12(3)18-14/h4-8H,9H2,1-3H3,(H,18,19,20). The lowest BCUT2D eigenvalue weighted by atomic mass is 10.1. The highest BCUT2D eigenvalue weighted by atomic mass is 35.5. The fourth-order valence-corrected chi connectivity index (χ4v) is 2.39. The zero-order valence-electron chi connectivity index (χ0n) is 12.2. The second-order valence-corrected chi connectivity index (χ2v) is 5.30. The van der Waals surface area contributed by atoms with Crippen LogP contribution in [0.15, 0.2) is 30.3 Å². The summed E-state index contributed by atoms with van der Waals surface area (Å²) in [5.41, 5.74) is 2.80. The number of carbonyl (C=O) groups excluding carboxylic acids is 1. The van der Waals surface area contributed by atoms with E-state index < -0.39 is 0 Å². The molecule has 4 nitrogen and oxygen atoms in total. The van der Waals surface area contributed by atoms with Crippen LogP contribution in [0.4, 0.5) is 5.82 Å². The quantitative estimate of drug-likeness (QED) is 0.937. The average Bonchev–Trinajstić information content (AvgIpc) is 2.37. The third kappa shape index (κ3) is 4.20. The summed E-state index contributed by atoms with van der Waals surface area (Å²) in [6, 6.07) is 9.20. The molecule has 0 unspecified atom stereocenters. The second kappa shape index (κ2) is 6.59. The van der Waals surface area contributed by atoms with Gasteiger partial charge in [0.1, 0.15) is 11.6 Å². The van der Waals surface area contributed by atoms with Gasteiger partial charge in [0.25, 0.3) is 5.91 Å². The Kier molecular flexibility index (Phi) is 4.81. The molecule has 2 rings (SSSR count). The van der Waals surface area contributed by atoms with Gasteiger partial charge in [-0.2, -0.15) is 0 Å². The molecule has 1 aromatic heterocycles. The second-order valence-electron chi connectivity index (χ2n) is 4.89. The highest BCUT2D eigenvalue weighted by molar-refractivity contribution is 6.32. The van der Waals surface area contributed by atoms with Crippen molar-refractivity contribution in [3.8, 4) is 5.75 Å². The number of hydrogen-bond donors (Lipinski definition) is 1. The number of halogens is 1. The minimum atomic E-state index is -0.274. The summed E-state index contributed by atoms with van der Waals surface area (Å²) in [5, 5.41) is 3.19. The number of ether oxygens (including phenoxy) is 1. The number of pyridine rings is 1. The monoisotopic (exact) mass is 304 g/mol. The highest BCUT2D eigenvalue weighted by Crippen LogP contribution is 2.29. The van der Waals surface area contributed by atoms with Crippen molar-refractivity contribution in [2.45, 2.75) is 20.8 Å². The van der Waals surface area contributed by atoms with Gasteiger partial charge < -0.3 is 10.1 Å². The van der Waals surface area contributed by atoms with Crippen molar-refractivity contribution >= 4 is 23.3 Å². The first-order chi connectivity index (χ1) is 9.95. The molecule has 0 saturated carbocycles. The number of aryl methyl sites for hydroxylation is 3. The summed E-state index contributed by atoms with van der Waals surface area (Å²) >= 11 is 6.13. The first-order valence-electron chi connectivity index (χ1n) is 6.59. The van der Waals surface area contributed by atoms with Gasteiger partial charge in [0.2, 0.25) is 0 Å². The maximum Gasteiger partial charge on any atom is 0.263 e. The van der Waals surface area contributed by atoms with Crippen LogP contribution in [-0.4, -0.2) is 17.5 Å². The molecule has 2 aromatic rings. The van der Waals surface area contributed by atoms with Crippen molar-refractivity contribution in [2.75, 3.05) is 11.9 Å². The molecular formula is C16H17ClN2O2. The molecule has 0 aliphatic carbocycles. The number of carbonyl (C=O) groups is 1. The number of rotatable bonds is 4. The van der Waals surface area contributed by atoms with Gasteiger partial charge in [-0.1, -0.05) is 23.7 Å². The number of nitrogens with zero attached hydrogens (tertiary/aromatic N) is 1. The SMILES string of the molecule is Cc1cc(C)c(OCC(=O)Nc2cccc(C)n2)c(Cl)c1. The lowest BCUT2D eigenvalue weighted by molar-refractivity contribution is -0.118. The summed E-state index contributed by atoms with van der Waals surface area (Å²) in [6.07, 6.45) is 0.